The van der Waals surface area contributed by atoms with Gasteiger partial charge in [-0.3, -0.25) is 0 Å². The third kappa shape index (κ3) is 4.24. The third-order valence-corrected chi connectivity index (χ3v) is 6.00. The van der Waals surface area contributed by atoms with Gasteiger partial charge in [0, 0.05) is 10.9 Å². The number of rotatable bonds is 5. The Morgan fingerprint density at radius 2 is 2.00 bits per heavy atom. The first-order valence-corrected chi connectivity index (χ1v) is 9.49. The molecule has 1 saturated heterocycles. The summed E-state index contributed by atoms with van der Waals surface area (Å²) in [4.78, 5) is 4.12. The molecule has 3 heteroatoms. The highest BCUT2D eigenvalue weighted by atomic mass is 32.2. The van der Waals surface area contributed by atoms with E-state index in [1.54, 1.807) is 0 Å². The first kappa shape index (κ1) is 15.4. The van der Waals surface area contributed by atoms with Gasteiger partial charge < -0.3 is 10.2 Å². The summed E-state index contributed by atoms with van der Waals surface area (Å²) in [6.07, 6.45) is 5.32. The Hall–Kier alpha value is -0.510. The molecule has 1 unspecified atom stereocenters. The predicted molar refractivity (Wildman–Crippen MR) is 92.0 cm³/mol. The van der Waals surface area contributed by atoms with Crippen molar-refractivity contribution in [2.45, 2.75) is 43.5 Å². The summed E-state index contributed by atoms with van der Waals surface area (Å²) in [6.45, 7) is 7.42. The van der Waals surface area contributed by atoms with Gasteiger partial charge in [-0.05, 0) is 75.2 Å². The monoisotopic (exact) mass is 304 g/mol. The SMILES string of the molecule is CC1CCN(CCCNC2CCSc3ccccc32)CC1. The summed E-state index contributed by atoms with van der Waals surface area (Å²) < 4.78 is 0. The summed E-state index contributed by atoms with van der Waals surface area (Å²) in [7, 11) is 0. The van der Waals surface area contributed by atoms with Crippen LogP contribution in [0.2, 0.25) is 0 Å². The first-order chi connectivity index (χ1) is 10.3. The van der Waals surface area contributed by atoms with Gasteiger partial charge in [0.15, 0.2) is 0 Å². The number of hydrogen-bond acceptors (Lipinski definition) is 3. The summed E-state index contributed by atoms with van der Waals surface area (Å²) >= 11 is 2.01. The van der Waals surface area contributed by atoms with Crippen LogP contribution in [0.3, 0.4) is 0 Å². The largest absolute Gasteiger partial charge is 0.310 e. The van der Waals surface area contributed by atoms with Gasteiger partial charge in [0.25, 0.3) is 0 Å². The molecule has 0 bridgehead atoms. The van der Waals surface area contributed by atoms with Crippen molar-refractivity contribution >= 4 is 11.8 Å². The van der Waals surface area contributed by atoms with E-state index in [0.717, 1.165) is 12.5 Å². The van der Waals surface area contributed by atoms with E-state index < -0.39 is 0 Å². The van der Waals surface area contributed by atoms with Crippen LogP contribution in [0, 0.1) is 5.92 Å². The number of thioether (sulfide) groups is 1. The average Bonchev–Trinajstić information content (AvgIpc) is 2.53. The second kappa shape index (κ2) is 7.66. The number of piperidine rings is 1. The third-order valence-electron chi connectivity index (χ3n) is 4.88. The van der Waals surface area contributed by atoms with Crippen LogP contribution in [-0.2, 0) is 0 Å². The van der Waals surface area contributed by atoms with E-state index in [4.69, 9.17) is 0 Å². The lowest BCUT2D eigenvalue weighted by Crippen LogP contribution is -2.35. The standard InChI is InChI=1S/C18H28N2S/c1-15-7-12-20(13-8-15)11-4-10-19-17-9-14-21-18-6-3-2-5-16(17)18/h2-3,5-6,15,17,19H,4,7-14H2,1H3. The lowest BCUT2D eigenvalue weighted by Gasteiger charge is -2.30. The van der Waals surface area contributed by atoms with Gasteiger partial charge in [0.05, 0.1) is 0 Å². The normalized spacial score (nSPS) is 24.0. The van der Waals surface area contributed by atoms with Crippen LogP contribution in [0.1, 0.15) is 44.2 Å². The Balaban J connectivity index is 1.40. The zero-order chi connectivity index (χ0) is 14.5. The van der Waals surface area contributed by atoms with Gasteiger partial charge >= 0.3 is 0 Å². The smallest absolute Gasteiger partial charge is 0.0339 e. The van der Waals surface area contributed by atoms with E-state index in [0.29, 0.717) is 6.04 Å². The van der Waals surface area contributed by atoms with Crippen molar-refractivity contribution in [3.05, 3.63) is 29.8 Å². The van der Waals surface area contributed by atoms with E-state index in [1.165, 1.54) is 61.5 Å². The topological polar surface area (TPSA) is 15.3 Å². The van der Waals surface area contributed by atoms with Crippen molar-refractivity contribution in [2.75, 3.05) is 31.9 Å². The summed E-state index contributed by atoms with van der Waals surface area (Å²) in [5.74, 6) is 2.19. The van der Waals surface area contributed by atoms with Gasteiger partial charge in [0.1, 0.15) is 0 Å². The molecule has 2 nitrogen and oxygen atoms in total. The lowest BCUT2D eigenvalue weighted by atomic mass is 9.99. The molecule has 0 aromatic heterocycles. The van der Waals surface area contributed by atoms with Crippen LogP contribution in [0.25, 0.3) is 0 Å². The van der Waals surface area contributed by atoms with Crippen molar-refractivity contribution in [3.8, 4) is 0 Å². The molecule has 1 fully saturated rings. The molecule has 116 valence electrons. The number of hydrogen-bond donors (Lipinski definition) is 1. The fourth-order valence-corrected chi connectivity index (χ4v) is 4.54. The maximum absolute atomic E-state index is 3.79. The van der Waals surface area contributed by atoms with Crippen molar-refractivity contribution in [1.29, 1.82) is 0 Å². The van der Waals surface area contributed by atoms with Crippen LogP contribution < -0.4 is 5.32 Å². The predicted octanol–water partition coefficient (Wildman–Crippen LogP) is 3.94. The molecule has 1 atom stereocenters. The molecule has 2 aliphatic rings. The second-order valence-corrected chi connectivity index (χ2v) is 7.70. The maximum atomic E-state index is 3.79. The highest BCUT2D eigenvalue weighted by Gasteiger charge is 2.19. The summed E-state index contributed by atoms with van der Waals surface area (Å²) in [6, 6.07) is 9.47. The zero-order valence-electron chi connectivity index (χ0n) is 13.2. The number of nitrogens with zero attached hydrogens (tertiary/aromatic N) is 1. The number of nitrogens with one attached hydrogen (secondary N) is 1. The van der Waals surface area contributed by atoms with Crippen molar-refractivity contribution in [3.63, 3.8) is 0 Å². The van der Waals surface area contributed by atoms with Gasteiger partial charge in [-0.15, -0.1) is 11.8 Å². The first-order valence-electron chi connectivity index (χ1n) is 8.50. The van der Waals surface area contributed by atoms with Crippen molar-refractivity contribution in [2.24, 2.45) is 5.92 Å². The molecule has 1 N–H and O–H groups in total. The molecule has 0 amide bonds. The molecule has 1 aromatic rings. The van der Waals surface area contributed by atoms with E-state index in [-0.39, 0.29) is 0 Å². The van der Waals surface area contributed by atoms with E-state index in [9.17, 15) is 0 Å². The van der Waals surface area contributed by atoms with Gasteiger partial charge in [0.2, 0.25) is 0 Å². The van der Waals surface area contributed by atoms with E-state index in [2.05, 4.69) is 41.4 Å². The van der Waals surface area contributed by atoms with Crippen LogP contribution in [0.15, 0.2) is 29.2 Å². The minimum Gasteiger partial charge on any atom is -0.310 e. The Morgan fingerprint density at radius 3 is 2.86 bits per heavy atom. The molecule has 1 aromatic carbocycles. The number of benzene rings is 1. The second-order valence-electron chi connectivity index (χ2n) is 6.56. The number of fused-ring (bicyclic) bond motifs is 1. The Morgan fingerprint density at radius 1 is 1.19 bits per heavy atom. The van der Waals surface area contributed by atoms with E-state index in [1.807, 2.05) is 11.8 Å². The Labute approximate surface area is 133 Å². The van der Waals surface area contributed by atoms with Crippen molar-refractivity contribution in [1.82, 2.24) is 10.2 Å². The molecular formula is C18H28N2S. The van der Waals surface area contributed by atoms with Gasteiger partial charge in [-0.25, -0.2) is 0 Å². The minimum absolute atomic E-state index is 0.573. The van der Waals surface area contributed by atoms with Gasteiger partial charge in [-0.2, -0.15) is 0 Å². The molecule has 0 aliphatic carbocycles. The highest BCUT2D eigenvalue weighted by Crippen LogP contribution is 2.35. The molecule has 0 saturated carbocycles. The van der Waals surface area contributed by atoms with Crippen LogP contribution in [0.4, 0.5) is 0 Å². The Kier molecular flexibility index (Phi) is 5.61. The summed E-state index contributed by atoms with van der Waals surface area (Å²) in [5.41, 5.74) is 1.51. The molecule has 0 spiro atoms. The molecule has 2 heterocycles. The maximum Gasteiger partial charge on any atom is 0.0339 e. The number of likely N-dealkylation sites (tertiary alicyclic amines) is 1. The van der Waals surface area contributed by atoms with Crippen LogP contribution in [0.5, 0.6) is 0 Å². The van der Waals surface area contributed by atoms with Crippen LogP contribution >= 0.6 is 11.8 Å². The zero-order valence-corrected chi connectivity index (χ0v) is 14.0. The molecule has 0 radical (unpaired) electrons. The quantitative estimate of drug-likeness (QED) is 0.830. The Bertz CT molecular complexity index is 441. The molecule has 2 aliphatic heterocycles. The molecular weight excluding hydrogens is 276 g/mol. The lowest BCUT2D eigenvalue weighted by molar-refractivity contribution is 0.189. The van der Waals surface area contributed by atoms with E-state index >= 15 is 0 Å². The highest BCUT2D eigenvalue weighted by molar-refractivity contribution is 7.99. The van der Waals surface area contributed by atoms with Crippen molar-refractivity contribution < 1.29 is 0 Å². The van der Waals surface area contributed by atoms with Gasteiger partial charge in [-0.1, -0.05) is 25.1 Å². The molecule has 21 heavy (non-hydrogen) atoms. The minimum atomic E-state index is 0.573. The summed E-state index contributed by atoms with van der Waals surface area (Å²) in [5, 5.41) is 3.79. The molecule has 3 rings (SSSR count). The fourth-order valence-electron chi connectivity index (χ4n) is 3.42. The van der Waals surface area contributed by atoms with Crippen LogP contribution in [-0.4, -0.2) is 36.8 Å². The fraction of sp³-hybridized carbons (Fsp3) is 0.667. The average molecular weight is 305 g/mol.